The number of nitrogens with zero attached hydrogens (tertiary/aromatic N) is 2. The zero-order chi connectivity index (χ0) is 17.8. The SMILES string of the molecule is CC(C)(C)OC(=O)N1C2C=C(c3c(F)cnc4[nH]ccc34)CC1CC2. The molecule has 6 heteroatoms. The van der Waals surface area contributed by atoms with Gasteiger partial charge in [-0.15, -0.1) is 0 Å². The van der Waals surface area contributed by atoms with Crippen LogP contribution in [0.1, 0.15) is 45.6 Å². The Hall–Kier alpha value is -2.37. The molecular formula is C19H22FN3O2. The molecule has 132 valence electrons. The van der Waals surface area contributed by atoms with E-state index >= 15 is 0 Å². The molecule has 0 saturated carbocycles. The van der Waals surface area contributed by atoms with Crippen molar-refractivity contribution in [2.75, 3.05) is 0 Å². The number of amides is 1. The number of halogens is 1. The summed E-state index contributed by atoms with van der Waals surface area (Å²) in [6.45, 7) is 5.60. The van der Waals surface area contributed by atoms with Gasteiger partial charge in [-0.25, -0.2) is 14.2 Å². The van der Waals surface area contributed by atoms with E-state index in [2.05, 4.69) is 9.97 Å². The number of fused-ring (bicyclic) bond motifs is 3. The number of aromatic nitrogens is 2. The normalized spacial score (nSPS) is 23.0. The van der Waals surface area contributed by atoms with Crippen molar-refractivity contribution in [2.45, 2.75) is 57.7 Å². The van der Waals surface area contributed by atoms with E-state index in [0.29, 0.717) is 17.6 Å². The van der Waals surface area contributed by atoms with Crippen LogP contribution < -0.4 is 0 Å². The lowest BCUT2D eigenvalue weighted by Gasteiger charge is -2.35. The summed E-state index contributed by atoms with van der Waals surface area (Å²) < 4.78 is 20.1. The maximum atomic E-state index is 14.5. The van der Waals surface area contributed by atoms with Crippen LogP contribution in [0.4, 0.5) is 9.18 Å². The maximum absolute atomic E-state index is 14.5. The number of pyridine rings is 1. The molecule has 1 N–H and O–H groups in total. The average molecular weight is 343 g/mol. The van der Waals surface area contributed by atoms with Gasteiger partial charge in [-0.3, -0.25) is 4.90 Å². The summed E-state index contributed by atoms with van der Waals surface area (Å²) in [6, 6.07) is 1.87. The summed E-state index contributed by atoms with van der Waals surface area (Å²) in [5.41, 5.74) is 1.72. The van der Waals surface area contributed by atoms with E-state index in [-0.39, 0.29) is 24.0 Å². The first-order valence-electron chi connectivity index (χ1n) is 8.67. The van der Waals surface area contributed by atoms with Crippen molar-refractivity contribution in [3.05, 3.63) is 35.9 Å². The van der Waals surface area contributed by atoms with E-state index in [1.807, 2.05) is 37.8 Å². The van der Waals surface area contributed by atoms with Crippen LogP contribution in [0, 0.1) is 5.82 Å². The summed E-state index contributed by atoms with van der Waals surface area (Å²) in [7, 11) is 0. The van der Waals surface area contributed by atoms with Gasteiger partial charge in [-0.05, 0) is 51.7 Å². The van der Waals surface area contributed by atoms with Gasteiger partial charge in [0.2, 0.25) is 0 Å². The summed E-state index contributed by atoms with van der Waals surface area (Å²) >= 11 is 0. The first kappa shape index (κ1) is 16.1. The lowest BCUT2D eigenvalue weighted by molar-refractivity contribution is 0.0175. The molecule has 2 aliphatic rings. The highest BCUT2D eigenvalue weighted by Gasteiger charge is 2.42. The zero-order valence-electron chi connectivity index (χ0n) is 14.7. The van der Waals surface area contributed by atoms with E-state index in [1.54, 1.807) is 6.20 Å². The van der Waals surface area contributed by atoms with Gasteiger partial charge in [-0.1, -0.05) is 6.08 Å². The summed E-state index contributed by atoms with van der Waals surface area (Å²) in [4.78, 5) is 21.5. The van der Waals surface area contributed by atoms with Gasteiger partial charge in [0, 0.05) is 23.2 Å². The second-order valence-electron chi connectivity index (χ2n) is 7.80. The molecular weight excluding hydrogens is 321 g/mol. The Labute approximate surface area is 145 Å². The molecule has 5 nitrogen and oxygen atoms in total. The fourth-order valence-electron chi connectivity index (χ4n) is 3.92. The Kier molecular flexibility index (Phi) is 3.60. The van der Waals surface area contributed by atoms with Gasteiger partial charge in [0.15, 0.2) is 0 Å². The van der Waals surface area contributed by atoms with Crippen molar-refractivity contribution in [1.82, 2.24) is 14.9 Å². The molecule has 1 fully saturated rings. The number of hydrogen-bond acceptors (Lipinski definition) is 3. The minimum Gasteiger partial charge on any atom is -0.444 e. The number of carbonyl (C=O) groups excluding carboxylic acids is 1. The van der Waals surface area contributed by atoms with Gasteiger partial charge in [0.05, 0.1) is 12.2 Å². The van der Waals surface area contributed by atoms with Crippen molar-refractivity contribution in [1.29, 1.82) is 0 Å². The number of hydrogen-bond donors (Lipinski definition) is 1. The number of nitrogens with one attached hydrogen (secondary N) is 1. The third-order valence-corrected chi connectivity index (χ3v) is 4.86. The minimum atomic E-state index is -0.519. The topological polar surface area (TPSA) is 58.2 Å². The maximum Gasteiger partial charge on any atom is 0.411 e. The highest BCUT2D eigenvalue weighted by atomic mass is 19.1. The highest BCUT2D eigenvalue weighted by Crippen LogP contribution is 2.41. The Balaban J connectivity index is 1.69. The monoisotopic (exact) mass is 343 g/mol. The molecule has 25 heavy (non-hydrogen) atoms. The average Bonchev–Trinajstić information content (AvgIpc) is 3.08. The summed E-state index contributed by atoms with van der Waals surface area (Å²) in [5.74, 6) is -0.316. The second kappa shape index (κ2) is 5.58. The van der Waals surface area contributed by atoms with Gasteiger partial charge < -0.3 is 9.72 Å². The number of H-pyrrole nitrogens is 1. The molecule has 2 aromatic rings. The summed E-state index contributed by atoms with van der Waals surface area (Å²) in [5, 5.41) is 0.788. The van der Waals surface area contributed by atoms with Gasteiger partial charge in [0.25, 0.3) is 0 Å². The number of rotatable bonds is 1. The van der Waals surface area contributed by atoms with E-state index in [9.17, 15) is 9.18 Å². The minimum absolute atomic E-state index is 0.0369. The molecule has 2 bridgehead atoms. The molecule has 2 atom stereocenters. The third-order valence-electron chi connectivity index (χ3n) is 4.86. The highest BCUT2D eigenvalue weighted by molar-refractivity contribution is 5.91. The van der Waals surface area contributed by atoms with Crippen LogP contribution >= 0.6 is 0 Å². The van der Waals surface area contributed by atoms with E-state index in [0.717, 1.165) is 23.8 Å². The fourth-order valence-corrected chi connectivity index (χ4v) is 3.92. The smallest absolute Gasteiger partial charge is 0.411 e. The van der Waals surface area contributed by atoms with Crippen molar-refractivity contribution in [3.63, 3.8) is 0 Å². The van der Waals surface area contributed by atoms with E-state index in [1.165, 1.54) is 6.20 Å². The largest absolute Gasteiger partial charge is 0.444 e. The molecule has 0 aliphatic carbocycles. The lowest BCUT2D eigenvalue weighted by atomic mass is 9.93. The molecule has 1 saturated heterocycles. The number of ether oxygens (including phenoxy) is 1. The standard InChI is InChI=1S/C19H22FN3O2/c1-19(2,3)25-18(24)23-12-4-5-13(23)9-11(8-12)16-14-6-7-21-17(14)22-10-15(16)20/h6-8,10,12-13H,4-5,9H2,1-3H3,(H,21,22). The Morgan fingerprint density at radius 3 is 2.92 bits per heavy atom. The predicted octanol–water partition coefficient (Wildman–Crippen LogP) is 4.26. The Morgan fingerprint density at radius 2 is 2.20 bits per heavy atom. The van der Waals surface area contributed by atoms with E-state index in [4.69, 9.17) is 4.74 Å². The number of carbonyl (C=O) groups is 1. The molecule has 2 aromatic heterocycles. The molecule has 1 amide bonds. The van der Waals surface area contributed by atoms with Crippen molar-refractivity contribution in [2.24, 2.45) is 0 Å². The molecule has 0 spiro atoms. The van der Waals surface area contributed by atoms with Crippen LogP contribution in [-0.2, 0) is 4.74 Å². The van der Waals surface area contributed by atoms with Crippen LogP contribution in [0.15, 0.2) is 24.5 Å². The Bertz CT molecular complexity index is 865. The van der Waals surface area contributed by atoms with Crippen LogP contribution in [0.2, 0.25) is 0 Å². The first-order chi connectivity index (χ1) is 11.8. The van der Waals surface area contributed by atoms with Crippen LogP contribution in [0.5, 0.6) is 0 Å². The first-order valence-corrected chi connectivity index (χ1v) is 8.67. The van der Waals surface area contributed by atoms with E-state index < -0.39 is 5.60 Å². The molecule has 2 unspecified atom stereocenters. The van der Waals surface area contributed by atoms with Gasteiger partial charge >= 0.3 is 6.09 Å². The van der Waals surface area contributed by atoms with Crippen LogP contribution in [-0.4, -0.2) is 38.6 Å². The van der Waals surface area contributed by atoms with Crippen LogP contribution in [0.25, 0.3) is 16.6 Å². The second-order valence-corrected chi connectivity index (χ2v) is 7.80. The molecule has 4 rings (SSSR count). The van der Waals surface area contributed by atoms with Gasteiger partial charge in [0.1, 0.15) is 17.1 Å². The van der Waals surface area contributed by atoms with Crippen molar-refractivity contribution in [3.8, 4) is 0 Å². The fraction of sp³-hybridized carbons (Fsp3) is 0.474. The van der Waals surface area contributed by atoms with Gasteiger partial charge in [-0.2, -0.15) is 0 Å². The predicted molar refractivity (Wildman–Crippen MR) is 93.5 cm³/mol. The van der Waals surface area contributed by atoms with Crippen molar-refractivity contribution < 1.29 is 13.9 Å². The lowest BCUT2D eigenvalue weighted by Crippen LogP contribution is -2.45. The quantitative estimate of drug-likeness (QED) is 0.842. The third kappa shape index (κ3) is 2.79. The Morgan fingerprint density at radius 1 is 1.40 bits per heavy atom. The molecule has 0 radical (unpaired) electrons. The molecule has 2 aliphatic heterocycles. The van der Waals surface area contributed by atoms with Crippen LogP contribution in [0.3, 0.4) is 0 Å². The summed E-state index contributed by atoms with van der Waals surface area (Å²) in [6.07, 6.45) is 7.21. The molecule has 4 heterocycles. The van der Waals surface area contributed by atoms with Crippen molar-refractivity contribution >= 4 is 22.7 Å². The number of aromatic amines is 1. The molecule has 0 aromatic carbocycles. The zero-order valence-corrected chi connectivity index (χ0v) is 14.7.